The van der Waals surface area contributed by atoms with Crippen molar-refractivity contribution in [3.05, 3.63) is 65.5 Å². The molecule has 0 aromatic heterocycles. The van der Waals surface area contributed by atoms with Crippen LogP contribution in [-0.2, 0) is 4.79 Å². The molecule has 5 nitrogen and oxygen atoms in total. The minimum absolute atomic E-state index is 0.0306. The maximum atomic E-state index is 13.2. The van der Waals surface area contributed by atoms with E-state index in [-0.39, 0.29) is 23.7 Å². The van der Waals surface area contributed by atoms with Crippen LogP contribution in [0.1, 0.15) is 41.6 Å². The van der Waals surface area contributed by atoms with Crippen LogP contribution in [0.25, 0.3) is 0 Å². The zero-order chi connectivity index (χ0) is 21.8. The molecule has 1 N–H and O–H groups in total. The maximum absolute atomic E-state index is 13.2. The molecule has 1 atom stereocenters. The van der Waals surface area contributed by atoms with E-state index in [1.807, 2.05) is 36.1 Å². The van der Waals surface area contributed by atoms with Gasteiger partial charge in [0.15, 0.2) is 0 Å². The monoisotopic (exact) mass is 423 g/mol. The van der Waals surface area contributed by atoms with Gasteiger partial charge in [-0.05, 0) is 62.1 Å². The van der Waals surface area contributed by atoms with Crippen molar-refractivity contribution in [3.8, 4) is 0 Å². The quantitative estimate of drug-likeness (QED) is 0.788. The lowest BCUT2D eigenvalue weighted by Crippen LogP contribution is -2.56. The molecule has 1 saturated heterocycles. The molecule has 1 aliphatic carbocycles. The fraction of sp³-hybridized carbons (Fsp3) is 0.440. The molecule has 1 heterocycles. The number of nitrogens with zero attached hydrogens (tertiary/aromatic N) is 2. The number of rotatable bonds is 5. The summed E-state index contributed by atoms with van der Waals surface area (Å²) < 4.78 is 13.2. The maximum Gasteiger partial charge on any atom is 0.253 e. The van der Waals surface area contributed by atoms with Gasteiger partial charge in [-0.3, -0.25) is 14.5 Å². The lowest BCUT2D eigenvalue weighted by molar-refractivity contribution is -0.123. The Morgan fingerprint density at radius 3 is 2.32 bits per heavy atom. The second-order valence-electron chi connectivity index (χ2n) is 8.68. The SMILES string of the molecule is Cc1cccc(C(=O)N2CCN(C(C(=O)Nc3ccc(F)cc3)C3CCCC3)CC2)c1. The lowest BCUT2D eigenvalue weighted by atomic mass is 9.94. The van der Waals surface area contributed by atoms with Gasteiger partial charge < -0.3 is 10.2 Å². The fourth-order valence-corrected chi connectivity index (χ4v) is 4.86. The summed E-state index contributed by atoms with van der Waals surface area (Å²) in [6.45, 7) is 4.56. The Kier molecular flexibility index (Phi) is 6.66. The van der Waals surface area contributed by atoms with Crippen molar-refractivity contribution < 1.29 is 14.0 Å². The van der Waals surface area contributed by atoms with Gasteiger partial charge in [-0.2, -0.15) is 0 Å². The number of piperazine rings is 1. The summed E-state index contributed by atoms with van der Waals surface area (Å²) in [4.78, 5) is 30.2. The molecule has 4 rings (SSSR count). The van der Waals surface area contributed by atoms with Crippen molar-refractivity contribution >= 4 is 17.5 Å². The van der Waals surface area contributed by atoms with Crippen molar-refractivity contribution in [2.75, 3.05) is 31.5 Å². The fourth-order valence-electron chi connectivity index (χ4n) is 4.86. The molecule has 2 amide bonds. The summed E-state index contributed by atoms with van der Waals surface area (Å²) in [5.41, 5.74) is 2.40. The van der Waals surface area contributed by atoms with Gasteiger partial charge in [0.05, 0.1) is 6.04 Å². The van der Waals surface area contributed by atoms with Gasteiger partial charge in [-0.15, -0.1) is 0 Å². The summed E-state index contributed by atoms with van der Waals surface area (Å²) in [7, 11) is 0. The average Bonchev–Trinajstić information content (AvgIpc) is 3.30. The zero-order valence-corrected chi connectivity index (χ0v) is 18.0. The summed E-state index contributed by atoms with van der Waals surface area (Å²) in [6, 6.07) is 13.4. The van der Waals surface area contributed by atoms with E-state index in [1.165, 1.54) is 12.1 Å². The molecular formula is C25H30FN3O2. The van der Waals surface area contributed by atoms with E-state index in [0.717, 1.165) is 36.8 Å². The molecule has 1 aliphatic heterocycles. The third-order valence-electron chi connectivity index (χ3n) is 6.49. The summed E-state index contributed by atoms with van der Waals surface area (Å²) >= 11 is 0. The minimum Gasteiger partial charge on any atom is -0.336 e. The average molecular weight is 424 g/mol. The number of hydrogen-bond acceptors (Lipinski definition) is 3. The number of carbonyl (C=O) groups excluding carboxylic acids is 2. The first kappa shape index (κ1) is 21.5. The van der Waals surface area contributed by atoms with Gasteiger partial charge in [0.1, 0.15) is 5.82 Å². The van der Waals surface area contributed by atoms with Crippen LogP contribution < -0.4 is 5.32 Å². The van der Waals surface area contributed by atoms with Crippen molar-refractivity contribution in [2.45, 2.75) is 38.6 Å². The number of carbonyl (C=O) groups is 2. The highest BCUT2D eigenvalue weighted by Crippen LogP contribution is 2.32. The number of hydrogen-bond donors (Lipinski definition) is 1. The first-order valence-corrected chi connectivity index (χ1v) is 11.2. The van der Waals surface area contributed by atoms with Gasteiger partial charge in [0, 0.05) is 37.4 Å². The van der Waals surface area contributed by atoms with Crippen molar-refractivity contribution in [3.63, 3.8) is 0 Å². The van der Waals surface area contributed by atoms with E-state index in [1.54, 1.807) is 12.1 Å². The van der Waals surface area contributed by atoms with E-state index in [4.69, 9.17) is 0 Å². The number of halogens is 1. The Bertz CT molecular complexity index is 917. The van der Waals surface area contributed by atoms with Gasteiger partial charge in [-0.25, -0.2) is 4.39 Å². The molecule has 6 heteroatoms. The van der Waals surface area contributed by atoms with Crippen molar-refractivity contribution in [2.24, 2.45) is 5.92 Å². The zero-order valence-electron chi connectivity index (χ0n) is 18.0. The third-order valence-corrected chi connectivity index (χ3v) is 6.49. The van der Waals surface area contributed by atoms with Crippen LogP contribution in [-0.4, -0.2) is 53.8 Å². The Balaban J connectivity index is 1.43. The molecule has 0 spiro atoms. The molecule has 0 bridgehead atoms. The highest BCUT2D eigenvalue weighted by atomic mass is 19.1. The molecule has 2 aliphatic rings. The number of benzene rings is 2. The molecule has 0 radical (unpaired) electrons. The van der Waals surface area contributed by atoms with Gasteiger partial charge >= 0.3 is 0 Å². The van der Waals surface area contributed by atoms with Crippen LogP contribution >= 0.6 is 0 Å². The number of aryl methyl sites for hydroxylation is 1. The van der Waals surface area contributed by atoms with E-state index in [0.29, 0.717) is 37.8 Å². The van der Waals surface area contributed by atoms with Crippen LogP contribution in [0.2, 0.25) is 0 Å². The number of amides is 2. The van der Waals surface area contributed by atoms with Crippen LogP contribution in [0, 0.1) is 18.7 Å². The second-order valence-corrected chi connectivity index (χ2v) is 8.68. The highest BCUT2D eigenvalue weighted by molar-refractivity contribution is 5.95. The summed E-state index contributed by atoms with van der Waals surface area (Å²) in [6.07, 6.45) is 4.39. The predicted molar refractivity (Wildman–Crippen MR) is 119 cm³/mol. The van der Waals surface area contributed by atoms with Gasteiger partial charge in [-0.1, -0.05) is 30.5 Å². The van der Waals surface area contributed by atoms with E-state index >= 15 is 0 Å². The van der Waals surface area contributed by atoms with Crippen LogP contribution in [0.4, 0.5) is 10.1 Å². The first-order chi connectivity index (χ1) is 15.0. The summed E-state index contributed by atoms with van der Waals surface area (Å²) in [5, 5.41) is 2.98. The molecule has 1 unspecified atom stereocenters. The Labute approximate surface area is 183 Å². The molecule has 2 fully saturated rings. The highest BCUT2D eigenvalue weighted by Gasteiger charge is 2.37. The Hall–Kier alpha value is -2.73. The van der Waals surface area contributed by atoms with Crippen molar-refractivity contribution in [1.82, 2.24) is 9.80 Å². The minimum atomic E-state index is -0.320. The Morgan fingerprint density at radius 1 is 1.00 bits per heavy atom. The molecule has 31 heavy (non-hydrogen) atoms. The smallest absolute Gasteiger partial charge is 0.253 e. The summed E-state index contributed by atoms with van der Waals surface area (Å²) in [5.74, 6) is 0.0210. The lowest BCUT2D eigenvalue weighted by Gasteiger charge is -2.40. The molecule has 164 valence electrons. The topological polar surface area (TPSA) is 52.7 Å². The predicted octanol–water partition coefficient (Wildman–Crippen LogP) is 4.09. The Morgan fingerprint density at radius 2 is 1.68 bits per heavy atom. The van der Waals surface area contributed by atoms with Gasteiger partial charge in [0.25, 0.3) is 5.91 Å². The molecular weight excluding hydrogens is 393 g/mol. The van der Waals surface area contributed by atoms with Crippen molar-refractivity contribution in [1.29, 1.82) is 0 Å². The first-order valence-electron chi connectivity index (χ1n) is 11.2. The third kappa shape index (κ3) is 5.13. The number of anilines is 1. The second kappa shape index (κ2) is 9.60. The molecule has 2 aromatic carbocycles. The largest absolute Gasteiger partial charge is 0.336 e. The van der Waals surface area contributed by atoms with E-state index in [2.05, 4.69) is 10.2 Å². The van der Waals surface area contributed by atoms with Crippen LogP contribution in [0.3, 0.4) is 0 Å². The molecule has 2 aromatic rings. The van der Waals surface area contributed by atoms with Gasteiger partial charge in [0.2, 0.25) is 5.91 Å². The standard InChI is InChI=1S/C25H30FN3O2/c1-18-5-4-8-20(17-18)25(31)29-15-13-28(14-16-29)23(19-6-2-3-7-19)24(30)27-22-11-9-21(26)10-12-22/h4-5,8-12,17,19,23H,2-3,6-7,13-16H2,1H3,(H,27,30). The van der Waals surface area contributed by atoms with E-state index in [9.17, 15) is 14.0 Å². The van der Waals surface area contributed by atoms with Crippen LogP contribution in [0.15, 0.2) is 48.5 Å². The van der Waals surface area contributed by atoms with E-state index < -0.39 is 0 Å². The number of nitrogens with one attached hydrogen (secondary N) is 1. The molecule has 1 saturated carbocycles. The van der Waals surface area contributed by atoms with Crippen LogP contribution in [0.5, 0.6) is 0 Å². The normalized spacial score (nSPS) is 18.7.